The van der Waals surface area contributed by atoms with Crippen LogP contribution in [-0.4, -0.2) is 42.4 Å². The minimum atomic E-state index is -0.741. The van der Waals surface area contributed by atoms with E-state index in [9.17, 15) is 14.4 Å². The number of ether oxygens (including phenoxy) is 1. The van der Waals surface area contributed by atoms with Crippen molar-refractivity contribution in [2.75, 3.05) is 11.9 Å². The molecule has 0 radical (unpaired) electrons. The van der Waals surface area contributed by atoms with E-state index in [1.54, 1.807) is 19.1 Å². The Labute approximate surface area is 182 Å². The van der Waals surface area contributed by atoms with E-state index in [0.29, 0.717) is 12.0 Å². The third-order valence-electron chi connectivity index (χ3n) is 5.14. The number of para-hydroxylation sites is 1. The van der Waals surface area contributed by atoms with E-state index in [0.717, 1.165) is 11.4 Å². The molecule has 31 heavy (non-hydrogen) atoms. The second kappa shape index (κ2) is 10.2. The van der Waals surface area contributed by atoms with Crippen LogP contribution in [0.4, 0.5) is 11.4 Å². The van der Waals surface area contributed by atoms with Crippen molar-refractivity contribution < 1.29 is 19.1 Å². The van der Waals surface area contributed by atoms with Crippen molar-refractivity contribution in [3.63, 3.8) is 0 Å². The number of ketones is 1. The molecule has 1 fully saturated rings. The molecule has 7 heteroatoms. The molecular formula is C24H29N3O4. The molecule has 1 heterocycles. The van der Waals surface area contributed by atoms with Gasteiger partial charge in [0.05, 0.1) is 6.10 Å². The molecular weight excluding hydrogens is 394 g/mol. The number of carbonyl (C=O) groups is 3. The Bertz CT molecular complexity index is 912. The van der Waals surface area contributed by atoms with E-state index in [1.807, 2.05) is 56.3 Å². The fraction of sp³-hybridized carbons (Fsp3) is 0.375. The minimum Gasteiger partial charge on any atom is -0.368 e. The number of hydrogen-bond acceptors (Lipinski definition) is 5. The van der Waals surface area contributed by atoms with Gasteiger partial charge in [-0.2, -0.15) is 0 Å². The number of rotatable bonds is 8. The van der Waals surface area contributed by atoms with Crippen LogP contribution in [0.25, 0.3) is 0 Å². The summed E-state index contributed by atoms with van der Waals surface area (Å²) in [7, 11) is 0. The number of amides is 2. The lowest BCUT2D eigenvalue weighted by molar-refractivity contribution is -0.127. The molecule has 1 unspecified atom stereocenters. The van der Waals surface area contributed by atoms with Gasteiger partial charge in [-0.15, -0.1) is 0 Å². The number of carbonyl (C=O) groups excluding carboxylic acids is 3. The molecule has 0 spiro atoms. The SMILES string of the molecule is CC(C)CC(NC(=O)c1ccc(Nc2ccccc2)cc1)C(=O)N[C@@H]1C(=O)CO[C@@H]1C. The molecule has 0 aromatic heterocycles. The third-order valence-corrected chi connectivity index (χ3v) is 5.14. The van der Waals surface area contributed by atoms with E-state index in [2.05, 4.69) is 16.0 Å². The summed E-state index contributed by atoms with van der Waals surface area (Å²) < 4.78 is 5.29. The van der Waals surface area contributed by atoms with Crippen LogP contribution in [0.15, 0.2) is 54.6 Å². The fourth-order valence-corrected chi connectivity index (χ4v) is 3.45. The monoisotopic (exact) mass is 423 g/mol. The maximum atomic E-state index is 12.8. The molecule has 3 N–H and O–H groups in total. The first-order valence-electron chi connectivity index (χ1n) is 10.5. The van der Waals surface area contributed by atoms with Gasteiger partial charge < -0.3 is 20.7 Å². The predicted octanol–water partition coefficient (Wildman–Crippen LogP) is 3.05. The Kier molecular flexibility index (Phi) is 7.41. The molecule has 1 aliphatic heterocycles. The van der Waals surface area contributed by atoms with Crippen molar-refractivity contribution in [2.24, 2.45) is 5.92 Å². The molecule has 7 nitrogen and oxygen atoms in total. The molecule has 164 valence electrons. The largest absolute Gasteiger partial charge is 0.368 e. The average Bonchev–Trinajstić information content (AvgIpc) is 3.06. The summed E-state index contributed by atoms with van der Waals surface area (Å²) >= 11 is 0. The van der Waals surface area contributed by atoms with Crippen molar-refractivity contribution in [3.8, 4) is 0 Å². The van der Waals surface area contributed by atoms with Gasteiger partial charge >= 0.3 is 0 Å². The van der Waals surface area contributed by atoms with Crippen molar-refractivity contribution in [1.29, 1.82) is 0 Å². The summed E-state index contributed by atoms with van der Waals surface area (Å²) in [6.07, 6.45) is 0.0815. The lowest BCUT2D eigenvalue weighted by Gasteiger charge is -2.23. The Balaban J connectivity index is 1.64. The zero-order chi connectivity index (χ0) is 22.4. The lowest BCUT2D eigenvalue weighted by Crippen LogP contribution is -2.53. The van der Waals surface area contributed by atoms with Crippen molar-refractivity contribution in [2.45, 2.75) is 45.4 Å². The van der Waals surface area contributed by atoms with E-state index in [1.165, 1.54) is 0 Å². The number of anilines is 2. The highest BCUT2D eigenvalue weighted by atomic mass is 16.5. The first kappa shape index (κ1) is 22.5. The summed E-state index contributed by atoms with van der Waals surface area (Å²) in [5, 5.41) is 8.82. The predicted molar refractivity (Wildman–Crippen MR) is 119 cm³/mol. The van der Waals surface area contributed by atoms with Crippen molar-refractivity contribution >= 4 is 29.0 Å². The molecule has 2 aromatic carbocycles. The Morgan fingerprint density at radius 3 is 2.26 bits per heavy atom. The van der Waals surface area contributed by atoms with Crippen molar-refractivity contribution in [3.05, 3.63) is 60.2 Å². The summed E-state index contributed by atoms with van der Waals surface area (Å²) in [5.74, 6) is -0.687. The van der Waals surface area contributed by atoms with E-state index < -0.39 is 12.1 Å². The fourth-order valence-electron chi connectivity index (χ4n) is 3.45. The smallest absolute Gasteiger partial charge is 0.251 e. The highest BCUT2D eigenvalue weighted by Crippen LogP contribution is 2.17. The van der Waals surface area contributed by atoms with Gasteiger partial charge in [-0.1, -0.05) is 32.0 Å². The zero-order valence-electron chi connectivity index (χ0n) is 18.1. The van der Waals surface area contributed by atoms with Crippen LogP contribution in [0.5, 0.6) is 0 Å². The normalized spacial score (nSPS) is 19.2. The lowest BCUT2D eigenvalue weighted by atomic mass is 10.0. The summed E-state index contributed by atoms with van der Waals surface area (Å²) in [6.45, 7) is 5.69. The summed E-state index contributed by atoms with van der Waals surface area (Å²) in [6, 6.07) is 15.4. The zero-order valence-corrected chi connectivity index (χ0v) is 18.1. The van der Waals surface area contributed by atoms with Gasteiger partial charge in [-0.25, -0.2) is 0 Å². The second-order valence-electron chi connectivity index (χ2n) is 8.19. The number of Topliss-reactive ketones (excluding diaryl/α,β-unsaturated/α-hetero) is 1. The van der Waals surface area contributed by atoms with Gasteiger partial charge in [0.1, 0.15) is 18.7 Å². The van der Waals surface area contributed by atoms with Gasteiger partial charge in [-0.05, 0) is 55.7 Å². The Morgan fingerprint density at radius 1 is 1.03 bits per heavy atom. The van der Waals surface area contributed by atoms with E-state index >= 15 is 0 Å². The van der Waals surface area contributed by atoms with Crippen molar-refractivity contribution in [1.82, 2.24) is 10.6 Å². The molecule has 0 aliphatic carbocycles. The molecule has 1 saturated heterocycles. The van der Waals surface area contributed by atoms with Crippen LogP contribution in [0.3, 0.4) is 0 Å². The molecule has 1 aliphatic rings. The van der Waals surface area contributed by atoms with Crippen LogP contribution >= 0.6 is 0 Å². The topological polar surface area (TPSA) is 96.5 Å². The van der Waals surface area contributed by atoms with Crippen LogP contribution in [0.2, 0.25) is 0 Å². The quantitative estimate of drug-likeness (QED) is 0.606. The first-order chi connectivity index (χ1) is 14.8. The first-order valence-corrected chi connectivity index (χ1v) is 10.5. The summed E-state index contributed by atoms with van der Waals surface area (Å²) in [4.78, 5) is 37.5. The molecule has 2 aromatic rings. The molecule has 0 bridgehead atoms. The molecule has 3 rings (SSSR count). The Hall–Kier alpha value is -3.19. The van der Waals surface area contributed by atoms with Crippen LogP contribution in [0.1, 0.15) is 37.6 Å². The molecule has 2 amide bonds. The molecule has 3 atom stereocenters. The number of hydrogen-bond donors (Lipinski definition) is 3. The number of nitrogens with one attached hydrogen (secondary N) is 3. The third kappa shape index (κ3) is 6.15. The highest BCUT2D eigenvalue weighted by Gasteiger charge is 2.35. The van der Waals surface area contributed by atoms with Crippen LogP contribution in [0, 0.1) is 5.92 Å². The highest BCUT2D eigenvalue weighted by molar-refractivity contribution is 5.99. The Morgan fingerprint density at radius 2 is 1.68 bits per heavy atom. The van der Waals surface area contributed by atoms with Gasteiger partial charge in [0.15, 0.2) is 5.78 Å². The second-order valence-corrected chi connectivity index (χ2v) is 8.19. The van der Waals surface area contributed by atoms with Crippen LogP contribution < -0.4 is 16.0 Å². The number of benzene rings is 2. The molecule has 0 saturated carbocycles. The van der Waals surface area contributed by atoms with E-state index in [-0.39, 0.29) is 36.2 Å². The van der Waals surface area contributed by atoms with Gasteiger partial charge in [0.2, 0.25) is 5.91 Å². The average molecular weight is 424 g/mol. The minimum absolute atomic E-state index is 0.00329. The van der Waals surface area contributed by atoms with Crippen LogP contribution in [-0.2, 0) is 14.3 Å². The maximum Gasteiger partial charge on any atom is 0.251 e. The summed E-state index contributed by atoms with van der Waals surface area (Å²) in [5.41, 5.74) is 2.26. The standard InChI is InChI=1S/C24H29N3O4/c1-15(2)13-20(24(30)27-22-16(3)31-14-21(22)28)26-23(29)17-9-11-19(12-10-17)25-18-7-5-4-6-8-18/h4-12,15-16,20,22,25H,13-14H2,1-3H3,(H,26,29)(H,27,30)/t16-,20?,22+/m1/s1. The van der Waals surface area contributed by atoms with Gasteiger partial charge in [0, 0.05) is 16.9 Å². The van der Waals surface area contributed by atoms with E-state index in [4.69, 9.17) is 4.74 Å². The maximum absolute atomic E-state index is 12.8. The van der Waals surface area contributed by atoms with Gasteiger partial charge in [0.25, 0.3) is 5.91 Å². The van der Waals surface area contributed by atoms with Gasteiger partial charge in [-0.3, -0.25) is 14.4 Å².